The second-order valence-corrected chi connectivity index (χ2v) is 4.30. The van der Waals surface area contributed by atoms with E-state index < -0.39 is 12.1 Å². The Morgan fingerprint density at radius 1 is 1.47 bits per heavy atom. The number of esters is 1. The Balaban J connectivity index is 2.21. The van der Waals surface area contributed by atoms with Crippen molar-refractivity contribution in [3.8, 4) is 0 Å². The minimum absolute atomic E-state index is 0.0622. The highest BCUT2D eigenvalue weighted by Gasteiger charge is 2.15. The first-order valence-electron chi connectivity index (χ1n) is 5.97. The molecule has 0 unspecified atom stereocenters. The number of nitrogens with zero attached hydrogens (tertiary/aromatic N) is 1. The average molecular weight is 260 g/mol. The van der Waals surface area contributed by atoms with Crippen molar-refractivity contribution in [2.45, 2.75) is 13.0 Å². The smallest absolute Gasteiger partial charge is 0.336 e. The molecule has 0 amide bonds. The first-order valence-corrected chi connectivity index (χ1v) is 5.97. The Labute approximate surface area is 111 Å². The number of fused-ring (bicyclic) bond motifs is 1. The number of hydrogen-bond acceptors (Lipinski definition) is 5. The molecule has 0 bridgehead atoms. The fourth-order valence-electron chi connectivity index (χ4n) is 1.84. The number of hydrogen-bond donors (Lipinski definition) is 2. The van der Waals surface area contributed by atoms with Crippen LogP contribution in [-0.2, 0) is 9.53 Å². The van der Waals surface area contributed by atoms with Gasteiger partial charge in [-0.3, -0.25) is 0 Å². The molecule has 0 saturated heterocycles. The van der Waals surface area contributed by atoms with Crippen molar-refractivity contribution in [3.05, 3.63) is 36.0 Å². The summed E-state index contributed by atoms with van der Waals surface area (Å²) in [6.45, 7) is 2.06. The van der Waals surface area contributed by atoms with E-state index in [0.717, 1.165) is 16.3 Å². The molecule has 2 rings (SSSR count). The van der Waals surface area contributed by atoms with Crippen LogP contribution in [-0.4, -0.2) is 35.8 Å². The zero-order valence-corrected chi connectivity index (χ0v) is 10.9. The van der Waals surface area contributed by atoms with Crippen LogP contribution in [0.2, 0.25) is 0 Å². The van der Waals surface area contributed by atoms with Crippen molar-refractivity contribution < 1.29 is 14.6 Å². The third kappa shape index (κ3) is 3.00. The van der Waals surface area contributed by atoms with Gasteiger partial charge in [-0.2, -0.15) is 0 Å². The number of carbonyl (C=O) groups is 1. The molecule has 2 N–H and O–H groups in total. The molecule has 0 aliphatic carbocycles. The molecule has 0 aliphatic rings. The molecule has 0 fully saturated rings. The molecule has 1 aromatic heterocycles. The molecule has 0 saturated carbocycles. The normalized spacial score (nSPS) is 12.2. The summed E-state index contributed by atoms with van der Waals surface area (Å²) >= 11 is 0. The number of aliphatic hydroxyl groups excluding tert-OH is 1. The Kier molecular flexibility index (Phi) is 3.97. The summed E-state index contributed by atoms with van der Waals surface area (Å²) in [5.74, 6) is -0.0203. The minimum atomic E-state index is -1.20. The molecule has 100 valence electrons. The molecule has 1 heterocycles. The van der Waals surface area contributed by atoms with Crippen molar-refractivity contribution in [2.24, 2.45) is 0 Å². The van der Waals surface area contributed by atoms with Gasteiger partial charge in [0.15, 0.2) is 6.10 Å². The highest BCUT2D eigenvalue weighted by atomic mass is 16.5. The third-order valence-electron chi connectivity index (χ3n) is 2.86. The van der Waals surface area contributed by atoms with Crippen LogP contribution in [0, 0.1) is 6.92 Å². The van der Waals surface area contributed by atoms with Gasteiger partial charge < -0.3 is 15.2 Å². The van der Waals surface area contributed by atoms with Gasteiger partial charge in [-0.15, -0.1) is 0 Å². The lowest BCUT2D eigenvalue weighted by atomic mass is 10.1. The van der Waals surface area contributed by atoms with Gasteiger partial charge in [0.05, 0.1) is 13.7 Å². The molecule has 2 aromatic rings. The van der Waals surface area contributed by atoms with Gasteiger partial charge in [-0.05, 0) is 24.4 Å². The summed E-state index contributed by atoms with van der Waals surface area (Å²) in [5.41, 5.74) is 1.12. The van der Waals surface area contributed by atoms with Gasteiger partial charge in [-0.1, -0.05) is 17.7 Å². The third-order valence-corrected chi connectivity index (χ3v) is 2.86. The monoisotopic (exact) mass is 260 g/mol. The second kappa shape index (κ2) is 5.67. The van der Waals surface area contributed by atoms with E-state index in [4.69, 9.17) is 0 Å². The lowest BCUT2D eigenvalue weighted by molar-refractivity contribution is -0.149. The fourth-order valence-corrected chi connectivity index (χ4v) is 1.84. The van der Waals surface area contributed by atoms with Crippen molar-refractivity contribution in [1.29, 1.82) is 0 Å². The highest BCUT2D eigenvalue weighted by Crippen LogP contribution is 2.22. The van der Waals surface area contributed by atoms with E-state index in [1.165, 1.54) is 7.11 Å². The molecule has 5 heteroatoms. The lowest BCUT2D eigenvalue weighted by Gasteiger charge is -2.12. The lowest BCUT2D eigenvalue weighted by Crippen LogP contribution is -2.29. The van der Waals surface area contributed by atoms with E-state index in [0.29, 0.717) is 5.82 Å². The number of rotatable bonds is 4. The van der Waals surface area contributed by atoms with Gasteiger partial charge in [0.2, 0.25) is 0 Å². The van der Waals surface area contributed by atoms with E-state index in [-0.39, 0.29) is 6.54 Å². The number of aliphatic hydroxyl groups is 1. The molecule has 0 radical (unpaired) electrons. The van der Waals surface area contributed by atoms with E-state index in [2.05, 4.69) is 15.0 Å². The number of ether oxygens (including phenoxy) is 1. The van der Waals surface area contributed by atoms with Gasteiger partial charge >= 0.3 is 5.97 Å². The average Bonchev–Trinajstić information content (AvgIpc) is 2.43. The number of benzene rings is 1. The summed E-state index contributed by atoms with van der Waals surface area (Å²) in [6, 6.07) is 7.95. The van der Waals surface area contributed by atoms with Crippen molar-refractivity contribution in [2.75, 3.05) is 19.0 Å². The summed E-state index contributed by atoms with van der Waals surface area (Å²) in [7, 11) is 1.24. The predicted molar refractivity (Wildman–Crippen MR) is 73.0 cm³/mol. The number of aromatic nitrogens is 1. The summed E-state index contributed by atoms with van der Waals surface area (Å²) < 4.78 is 4.46. The molecule has 19 heavy (non-hydrogen) atoms. The Morgan fingerprint density at radius 2 is 2.26 bits per heavy atom. The predicted octanol–water partition coefficient (Wildman–Crippen LogP) is 1.49. The number of carbonyl (C=O) groups excluding carboxylic acids is 1. The standard InChI is InChI=1S/C14H16N2O3/c1-9-3-4-10-5-6-15-13(11(10)7-9)16-8-12(17)14(18)19-2/h3-7,12,17H,8H2,1-2H3,(H,15,16)/t12-/m1/s1. The van der Waals surface area contributed by atoms with Crippen LogP contribution < -0.4 is 5.32 Å². The first kappa shape index (κ1) is 13.3. The Hall–Kier alpha value is -2.14. The molecule has 0 aliphatic heterocycles. The van der Waals surface area contributed by atoms with E-state index in [1.807, 2.05) is 31.2 Å². The quantitative estimate of drug-likeness (QED) is 0.815. The van der Waals surface area contributed by atoms with E-state index in [9.17, 15) is 9.90 Å². The first-order chi connectivity index (χ1) is 9.11. The van der Waals surface area contributed by atoms with Crippen LogP contribution in [0.1, 0.15) is 5.56 Å². The Morgan fingerprint density at radius 3 is 3.00 bits per heavy atom. The van der Waals surface area contributed by atoms with Crippen LogP contribution in [0.25, 0.3) is 10.8 Å². The van der Waals surface area contributed by atoms with Gasteiger partial charge in [0, 0.05) is 11.6 Å². The molecule has 5 nitrogen and oxygen atoms in total. The molecule has 1 aromatic carbocycles. The molecule has 1 atom stereocenters. The maximum Gasteiger partial charge on any atom is 0.336 e. The topological polar surface area (TPSA) is 71.5 Å². The van der Waals surface area contributed by atoms with Gasteiger partial charge in [0.25, 0.3) is 0 Å². The maximum atomic E-state index is 11.1. The number of nitrogens with one attached hydrogen (secondary N) is 1. The van der Waals surface area contributed by atoms with Gasteiger partial charge in [-0.25, -0.2) is 9.78 Å². The second-order valence-electron chi connectivity index (χ2n) is 4.30. The number of methoxy groups -OCH3 is 1. The number of aryl methyl sites for hydroxylation is 1. The largest absolute Gasteiger partial charge is 0.467 e. The molecular weight excluding hydrogens is 244 g/mol. The highest BCUT2D eigenvalue weighted by molar-refractivity contribution is 5.92. The van der Waals surface area contributed by atoms with Crippen molar-refractivity contribution >= 4 is 22.6 Å². The zero-order chi connectivity index (χ0) is 13.8. The summed E-state index contributed by atoms with van der Waals surface area (Å²) in [6.07, 6.45) is 0.483. The SMILES string of the molecule is COC(=O)[C@H](O)CNc1nccc2ccc(C)cc12. The number of anilines is 1. The molecule has 0 spiro atoms. The van der Waals surface area contributed by atoms with Gasteiger partial charge in [0.1, 0.15) is 5.82 Å². The summed E-state index contributed by atoms with van der Waals surface area (Å²) in [4.78, 5) is 15.3. The van der Waals surface area contributed by atoms with Crippen LogP contribution in [0.5, 0.6) is 0 Å². The zero-order valence-electron chi connectivity index (χ0n) is 10.9. The van der Waals surface area contributed by atoms with Crippen molar-refractivity contribution in [3.63, 3.8) is 0 Å². The van der Waals surface area contributed by atoms with E-state index >= 15 is 0 Å². The molecular formula is C14H16N2O3. The van der Waals surface area contributed by atoms with Crippen LogP contribution in [0.3, 0.4) is 0 Å². The summed E-state index contributed by atoms with van der Waals surface area (Å²) in [5, 5.41) is 14.5. The number of pyridine rings is 1. The fraction of sp³-hybridized carbons (Fsp3) is 0.286. The van der Waals surface area contributed by atoms with Crippen LogP contribution in [0.15, 0.2) is 30.5 Å². The Bertz CT molecular complexity index is 598. The van der Waals surface area contributed by atoms with Crippen LogP contribution in [0.4, 0.5) is 5.82 Å². The minimum Gasteiger partial charge on any atom is -0.467 e. The van der Waals surface area contributed by atoms with Crippen molar-refractivity contribution in [1.82, 2.24) is 4.98 Å². The van der Waals surface area contributed by atoms with E-state index in [1.54, 1.807) is 6.20 Å². The van der Waals surface area contributed by atoms with Crippen LogP contribution >= 0.6 is 0 Å². The maximum absolute atomic E-state index is 11.1.